The number of hydrogen-bond acceptors (Lipinski definition) is 5. The van der Waals surface area contributed by atoms with E-state index in [4.69, 9.17) is 9.47 Å². The molecule has 2 aromatic rings. The third-order valence-electron chi connectivity index (χ3n) is 3.83. The molecule has 154 valence electrons. The first-order valence-electron chi connectivity index (χ1n) is 9.16. The number of aliphatic carboxylic acids is 1. The summed E-state index contributed by atoms with van der Waals surface area (Å²) in [5.41, 5.74) is 1.16. The van der Waals surface area contributed by atoms with Crippen LogP contribution in [-0.2, 0) is 27.3 Å². The summed E-state index contributed by atoms with van der Waals surface area (Å²) in [6, 6.07) is 14.6. The highest BCUT2D eigenvalue weighted by Gasteiger charge is 2.24. The molecule has 0 unspecified atom stereocenters. The lowest BCUT2D eigenvalue weighted by Crippen LogP contribution is -2.44. The third kappa shape index (κ3) is 7.65. The van der Waals surface area contributed by atoms with Gasteiger partial charge in [-0.1, -0.05) is 42.5 Å². The molecule has 0 heterocycles. The molecule has 2 aromatic carbocycles. The maximum absolute atomic E-state index is 12.1. The fraction of sp³-hybridized carbons (Fsp3) is 0.318. The van der Waals surface area contributed by atoms with Gasteiger partial charge in [-0.3, -0.25) is 0 Å². The van der Waals surface area contributed by atoms with Crippen molar-refractivity contribution in [2.75, 3.05) is 0 Å². The average Bonchev–Trinajstić information content (AvgIpc) is 2.65. The van der Waals surface area contributed by atoms with E-state index in [0.29, 0.717) is 11.1 Å². The number of esters is 1. The van der Waals surface area contributed by atoms with Gasteiger partial charge in [-0.15, -0.1) is 0 Å². The molecule has 1 amide bonds. The second kappa shape index (κ2) is 9.73. The molecule has 0 saturated heterocycles. The van der Waals surface area contributed by atoms with E-state index in [1.807, 2.05) is 30.3 Å². The fourth-order valence-electron chi connectivity index (χ4n) is 2.47. The van der Waals surface area contributed by atoms with Gasteiger partial charge in [0.05, 0.1) is 5.56 Å². The molecule has 0 aliphatic heterocycles. The van der Waals surface area contributed by atoms with Crippen molar-refractivity contribution in [1.82, 2.24) is 5.32 Å². The first kappa shape index (κ1) is 21.9. The minimum absolute atomic E-state index is 0.0495. The van der Waals surface area contributed by atoms with Gasteiger partial charge in [0.25, 0.3) is 0 Å². The van der Waals surface area contributed by atoms with Crippen molar-refractivity contribution in [2.45, 2.75) is 45.4 Å². The predicted molar refractivity (Wildman–Crippen MR) is 107 cm³/mol. The number of carboxylic acid groups (broad SMARTS) is 1. The maximum atomic E-state index is 12.1. The number of hydrogen-bond donors (Lipinski definition) is 2. The van der Waals surface area contributed by atoms with E-state index in [9.17, 15) is 19.5 Å². The van der Waals surface area contributed by atoms with Crippen LogP contribution in [0.5, 0.6) is 0 Å². The van der Waals surface area contributed by atoms with Crippen molar-refractivity contribution in [3.8, 4) is 0 Å². The van der Waals surface area contributed by atoms with E-state index < -0.39 is 29.7 Å². The molecular weight excluding hydrogens is 374 g/mol. The van der Waals surface area contributed by atoms with Gasteiger partial charge in [-0.05, 0) is 44.0 Å². The van der Waals surface area contributed by atoms with E-state index in [0.717, 1.165) is 5.56 Å². The summed E-state index contributed by atoms with van der Waals surface area (Å²) in [7, 11) is 0. The number of rotatable bonds is 7. The largest absolute Gasteiger partial charge is 0.480 e. The average molecular weight is 399 g/mol. The van der Waals surface area contributed by atoms with E-state index >= 15 is 0 Å². The maximum Gasteiger partial charge on any atom is 0.408 e. The third-order valence-corrected chi connectivity index (χ3v) is 3.83. The smallest absolute Gasteiger partial charge is 0.408 e. The second-order valence-corrected chi connectivity index (χ2v) is 7.50. The Morgan fingerprint density at radius 1 is 0.966 bits per heavy atom. The summed E-state index contributed by atoms with van der Waals surface area (Å²) in [6.45, 7) is 5.25. The predicted octanol–water partition coefficient (Wildman–Crippen LogP) is 3.56. The van der Waals surface area contributed by atoms with Crippen molar-refractivity contribution in [3.05, 3.63) is 71.3 Å². The van der Waals surface area contributed by atoms with Crippen molar-refractivity contribution < 1.29 is 29.0 Å². The molecule has 29 heavy (non-hydrogen) atoms. The van der Waals surface area contributed by atoms with E-state index in [1.54, 1.807) is 45.0 Å². The number of benzene rings is 2. The topological polar surface area (TPSA) is 102 Å². The van der Waals surface area contributed by atoms with Crippen LogP contribution in [0.3, 0.4) is 0 Å². The molecule has 0 fully saturated rings. The lowest BCUT2D eigenvalue weighted by molar-refractivity contribution is -0.139. The van der Waals surface area contributed by atoms with Crippen LogP contribution in [0.15, 0.2) is 54.6 Å². The summed E-state index contributed by atoms with van der Waals surface area (Å²) in [5.74, 6) is -1.65. The zero-order chi connectivity index (χ0) is 21.4. The number of ether oxygens (including phenoxy) is 2. The summed E-state index contributed by atoms with van der Waals surface area (Å²) in [5, 5.41) is 11.7. The van der Waals surface area contributed by atoms with Gasteiger partial charge in [0.1, 0.15) is 18.2 Å². The molecule has 0 saturated carbocycles. The van der Waals surface area contributed by atoms with Crippen LogP contribution in [0.4, 0.5) is 4.79 Å². The SMILES string of the molecule is CC(C)(C)OC(=O)N[C@@H](Cc1ccc(C(=O)OCc2ccccc2)cc1)C(=O)O. The van der Waals surface area contributed by atoms with Crippen LogP contribution < -0.4 is 5.32 Å². The molecule has 2 rings (SSSR count). The van der Waals surface area contributed by atoms with Crippen LogP contribution in [-0.4, -0.2) is 34.8 Å². The Balaban J connectivity index is 1.94. The number of carbonyl (C=O) groups excluding carboxylic acids is 2. The van der Waals surface area contributed by atoms with Gasteiger partial charge in [-0.2, -0.15) is 0 Å². The zero-order valence-corrected chi connectivity index (χ0v) is 16.7. The molecular formula is C22H25NO6. The Bertz CT molecular complexity index is 840. The lowest BCUT2D eigenvalue weighted by Gasteiger charge is -2.22. The fourth-order valence-corrected chi connectivity index (χ4v) is 2.47. The minimum atomic E-state index is -1.18. The molecule has 0 spiro atoms. The number of carboxylic acids is 1. The van der Waals surface area contributed by atoms with Crippen LogP contribution in [0.25, 0.3) is 0 Å². The monoisotopic (exact) mass is 399 g/mol. The summed E-state index contributed by atoms with van der Waals surface area (Å²) < 4.78 is 10.4. The highest BCUT2D eigenvalue weighted by Crippen LogP contribution is 2.12. The normalized spacial score (nSPS) is 12.0. The molecule has 1 atom stereocenters. The van der Waals surface area contributed by atoms with Gasteiger partial charge >= 0.3 is 18.0 Å². The van der Waals surface area contributed by atoms with Gasteiger partial charge < -0.3 is 19.9 Å². The Morgan fingerprint density at radius 2 is 1.59 bits per heavy atom. The first-order chi connectivity index (χ1) is 13.6. The lowest BCUT2D eigenvalue weighted by atomic mass is 10.0. The highest BCUT2D eigenvalue weighted by molar-refractivity contribution is 5.89. The van der Waals surface area contributed by atoms with E-state index in [1.165, 1.54) is 0 Å². The number of carbonyl (C=O) groups is 3. The standard InChI is InChI=1S/C22H25NO6/c1-22(2,3)29-21(27)23-18(19(24)25)13-15-9-11-17(12-10-15)20(26)28-14-16-7-5-4-6-8-16/h4-12,18H,13-14H2,1-3H3,(H,23,27)(H,24,25)/t18-/m0/s1. The quantitative estimate of drug-likeness (QED) is 0.690. The van der Waals surface area contributed by atoms with Gasteiger partial charge in [0, 0.05) is 6.42 Å². The van der Waals surface area contributed by atoms with E-state index in [-0.39, 0.29) is 13.0 Å². The second-order valence-electron chi connectivity index (χ2n) is 7.50. The van der Waals surface area contributed by atoms with Crippen LogP contribution in [0, 0.1) is 0 Å². The molecule has 7 heteroatoms. The molecule has 7 nitrogen and oxygen atoms in total. The van der Waals surface area contributed by atoms with Gasteiger partial charge in [0.15, 0.2) is 0 Å². The minimum Gasteiger partial charge on any atom is -0.480 e. The Labute approximate surface area is 169 Å². The highest BCUT2D eigenvalue weighted by atomic mass is 16.6. The Hall–Kier alpha value is -3.35. The summed E-state index contributed by atoms with van der Waals surface area (Å²) in [6.07, 6.45) is -0.750. The zero-order valence-electron chi connectivity index (χ0n) is 16.7. The van der Waals surface area contributed by atoms with Crippen molar-refractivity contribution in [2.24, 2.45) is 0 Å². The van der Waals surface area contributed by atoms with E-state index in [2.05, 4.69) is 5.32 Å². The summed E-state index contributed by atoms with van der Waals surface area (Å²) in [4.78, 5) is 35.4. The van der Waals surface area contributed by atoms with Crippen LogP contribution >= 0.6 is 0 Å². The Morgan fingerprint density at radius 3 is 2.14 bits per heavy atom. The van der Waals surface area contributed by atoms with Gasteiger partial charge in [0.2, 0.25) is 0 Å². The molecule has 2 N–H and O–H groups in total. The number of alkyl carbamates (subject to hydrolysis) is 1. The Kier molecular flexibility index (Phi) is 7.36. The van der Waals surface area contributed by atoms with Crippen molar-refractivity contribution in [1.29, 1.82) is 0 Å². The van der Waals surface area contributed by atoms with Crippen LogP contribution in [0.2, 0.25) is 0 Å². The van der Waals surface area contributed by atoms with Gasteiger partial charge in [-0.25, -0.2) is 14.4 Å². The van der Waals surface area contributed by atoms with Crippen molar-refractivity contribution >= 4 is 18.0 Å². The number of amides is 1. The molecule has 0 radical (unpaired) electrons. The molecule has 0 aliphatic carbocycles. The molecule has 0 aromatic heterocycles. The molecule has 0 aliphatic rings. The summed E-state index contributed by atoms with van der Waals surface area (Å²) >= 11 is 0. The molecule has 0 bridgehead atoms. The number of nitrogens with one attached hydrogen (secondary N) is 1. The first-order valence-corrected chi connectivity index (χ1v) is 9.16. The van der Waals surface area contributed by atoms with Crippen LogP contribution in [0.1, 0.15) is 42.3 Å². The van der Waals surface area contributed by atoms with Crippen molar-refractivity contribution in [3.63, 3.8) is 0 Å².